The number of nitrogens with one attached hydrogen (secondary N) is 1. The van der Waals surface area contributed by atoms with E-state index in [1.807, 2.05) is 30.3 Å². The lowest BCUT2D eigenvalue weighted by Crippen LogP contribution is -2.47. The summed E-state index contributed by atoms with van der Waals surface area (Å²) in [6.07, 6.45) is 0. The molecule has 1 aliphatic heterocycles. The third-order valence-corrected chi connectivity index (χ3v) is 2.16. The van der Waals surface area contributed by atoms with Crippen LogP contribution < -0.4 is 10.2 Å². The summed E-state index contributed by atoms with van der Waals surface area (Å²) in [6, 6.07) is 10.0. The summed E-state index contributed by atoms with van der Waals surface area (Å²) in [6.45, 7) is 2.12. The first kappa shape index (κ1) is 8.10. The molecule has 13 heavy (non-hydrogen) atoms. The molecule has 0 spiro atoms. The second-order valence-electron chi connectivity index (χ2n) is 3.11. The van der Waals surface area contributed by atoms with Gasteiger partial charge in [-0.15, -0.1) is 0 Å². The predicted molar refractivity (Wildman–Crippen MR) is 51.7 cm³/mol. The number of nitrogens with zero attached hydrogens (tertiary/aromatic N) is 1. The van der Waals surface area contributed by atoms with Crippen molar-refractivity contribution in [3.63, 3.8) is 0 Å². The molecular formula is C10H12N2O. The Hall–Kier alpha value is -1.51. The Morgan fingerprint density at radius 2 is 2.00 bits per heavy atom. The van der Waals surface area contributed by atoms with Crippen LogP contribution in [0.1, 0.15) is 0 Å². The lowest BCUT2D eigenvalue weighted by Gasteiger charge is -2.28. The minimum absolute atomic E-state index is 0.107. The number of piperazine rings is 1. The third-order valence-electron chi connectivity index (χ3n) is 2.16. The van der Waals surface area contributed by atoms with Crippen LogP contribution in [0.3, 0.4) is 0 Å². The number of rotatable bonds is 1. The molecule has 1 amide bonds. The van der Waals surface area contributed by atoms with Gasteiger partial charge in [-0.1, -0.05) is 18.2 Å². The maximum Gasteiger partial charge on any atom is 0.239 e. The van der Waals surface area contributed by atoms with Crippen LogP contribution in [0.15, 0.2) is 30.3 Å². The summed E-state index contributed by atoms with van der Waals surface area (Å²) in [7, 11) is 0. The maximum atomic E-state index is 11.1. The molecule has 2 rings (SSSR count). The van der Waals surface area contributed by atoms with Crippen LogP contribution in [-0.2, 0) is 4.79 Å². The van der Waals surface area contributed by atoms with Crippen LogP contribution in [0.25, 0.3) is 0 Å². The number of hydrogen-bond acceptors (Lipinski definition) is 2. The molecule has 1 saturated heterocycles. The number of para-hydroxylation sites is 1. The van der Waals surface area contributed by atoms with E-state index in [1.54, 1.807) is 0 Å². The quantitative estimate of drug-likeness (QED) is 0.680. The third kappa shape index (κ3) is 1.80. The molecule has 1 aromatic rings. The molecule has 1 heterocycles. The van der Waals surface area contributed by atoms with Crippen LogP contribution >= 0.6 is 0 Å². The molecule has 1 N–H and O–H groups in total. The number of carbonyl (C=O) groups excluding carboxylic acids is 1. The molecule has 0 saturated carbocycles. The average Bonchev–Trinajstić information content (AvgIpc) is 2.19. The zero-order valence-electron chi connectivity index (χ0n) is 7.36. The molecule has 1 aliphatic rings. The summed E-state index contributed by atoms with van der Waals surface area (Å²) in [5.74, 6) is 0.107. The summed E-state index contributed by atoms with van der Waals surface area (Å²) < 4.78 is 0. The predicted octanol–water partition coefficient (Wildman–Crippen LogP) is 0.623. The van der Waals surface area contributed by atoms with E-state index in [-0.39, 0.29) is 5.91 Å². The summed E-state index contributed by atoms with van der Waals surface area (Å²) in [5.41, 5.74) is 1.12. The standard InChI is InChI=1S/C10H12N2O/c13-10-8-12(7-6-11-10)9-4-2-1-3-5-9/h1-5H,6-8H2,(H,11,13). The number of carbonyl (C=O) groups is 1. The van der Waals surface area contributed by atoms with Crippen LogP contribution in [0.5, 0.6) is 0 Å². The topological polar surface area (TPSA) is 32.3 Å². The fourth-order valence-electron chi connectivity index (χ4n) is 1.50. The van der Waals surface area contributed by atoms with E-state index in [4.69, 9.17) is 0 Å². The van der Waals surface area contributed by atoms with Crippen molar-refractivity contribution in [3.05, 3.63) is 30.3 Å². The Labute approximate surface area is 77.4 Å². The van der Waals surface area contributed by atoms with Crippen LogP contribution in [0.2, 0.25) is 0 Å². The molecule has 0 aromatic heterocycles. The summed E-state index contributed by atoms with van der Waals surface area (Å²) >= 11 is 0. The zero-order chi connectivity index (χ0) is 9.10. The van der Waals surface area contributed by atoms with E-state index >= 15 is 0 Å². The molecule has 0 atom stereocenters. The Morgan fingerprint density at radius 1 is 1.23 bits per heavy atom. The second kappa shape index (κ2) is 3.47. The number of amides is 1. The van der Waals surface area contributed by atoms with Gasteiger partial charge in [0.25, 0.3) is 0 Å². The van der Waals surface area contributed by atoms with Gasteiger partial charge in [0, 0.05) is 18.8 Å². The first-order valence-electron chi connectivity index (χ1n) is 4.43. The molecule has 0 radical (unpaired) electrons. The monoisotopic (exact) mass is 176 g/mol. The van der Waals surface area contributed by atoms with Gasteiger partial charge in [-0.3, -0.25) is 4.79 Å². The molecule has 0 bridgehead atoms. The first-order chi connectivity index (χ1) is 6.36. The van der Waals surface area contributed by atoms with Crippen molar-refractivity contribution in [2.24, 2.45) is 0 Å². The number of benzene rings is 1. The minimum Gasteiger partial charge on any atom is -0.360 e. The van der Waals surface area contributed by atoms with Gasteiger partial charge in [-0.05, 0) is 12.1 Å². The van der Waals surface area contributed by atoms with E-state index < -0.39 is 0 Å². The molecule has 68 valence electrons. The van der Waals surface area contributed by atoms with E-state index in [1.165, 1.54) is 0 Å². The van der Waals surface area contributed by atoms with Gasteiger partial charge < -0.3 is 10.2 Å². The fourth-order valence-corrected chi connectivity index (χ4v) is 1.50. The van der Waals surface area contributed by atoms with Gasteiger partial charge in [-0.2, -0.15) is 0 Å². The largest absolute Gasteiger partial charge is 0.360 e. The van der Waals surface area contributed by atoms with Gasteiger partial charge in [0.1, 0.15) is 0 Å². The highest BCUT2D eigenvalue weighted by atomic mass is 16.2. The minimum atomic E-state index is 0.107. The highest BCUT2D eigenvalue weighted by Gasteiger charge is 2.15. The molecule has 3 heteroatoms. The highest BCUT2D eigenvalue weighted by molar-refractivity contribution is 5.82. The smallest absolute Gasteiger partial charge is 0.239 e. The molecule has 0 unspecified atom stereocenters. The van der Waals surface area contributed by atoms with Crippen LogP contribution in [-0.4, -0.2) is 25.5 Å². The molecule has 1 fully saturated rings. The maximum absolute atomic E-state index is 11.1. The van der Waals surface area contributed by atoms with Crippen molar-refractivity contribution < 1.29 is 4.79 Å². The summed E-state index contributed by atoms with van der Waals surface area (Å²) in [4.78, 5) is 13.2. The van der Waals surface area contributed by atoms with E-state index in [0.29, 0.717) is 6.54 Å². The van der Waals surface area contributed by atoms with Crippen molar-refractivity contribution in [2.75, 3.05) is 24.5 Å². The Balaban J connectivity index is 2.13. The Bertz CT molecular complexity index is 297. The SMILES string of the molecule is O=C1CN(c2ccccc2)CCN1. The van der Waals surface area contributed by atoms with Crippen molar-refractivity contribution in [1.82, 2.24) is 5.32 Å². The van der Waals surface area contributed by atoms with Crippen LogP contribution in [0, 0.1) is 0 Å². The van der Waals surface area contributed by atoms with E-state index in [9.17, 15) is 4.79 Å². The zero-order valence-corrected chi connectivity index (χ0v) is 7.36. The van der Waals surface area contributed by atoms with Crippen molar-refractivity contribution in [3.8, 4) is 0 Å². The molecular weight excluding hydrogens is 164 g/mol. The second-order valence-corrected chi connectivity index (χ2v) is 3.11. The van der Waals surface area contributed by atoms with Gasteiger partial charge in [0.2, 0.25) is 5.91 Å². The van der Waals surface area contributed by atoms with Crippen molar-refractivity contribution >= 4 is 11.6 Å². The van der Waals surface area contributed by atoms with Gasteiger partial charge >= 0.3 is 0 Å². The van der Waals surface area contributed by atoms with Gasteiger partial charge in [0.15, 0.2) is 0 Å². The summed E-state index contributed by atoms with van der Waals surface area (Å²) in [5, 5.41) is 2.80. The first-order valence-corrected chi connectivity index (χ1v) is 4.43. The van der Waals surface area contributed by atoms with Crippen LogP contribution in [0.4, 0.5) is 5.69 Å². The normalized spacial score (nSPS) is 16.9. The molecule has 3 nitrogen and oxygen atoms in total. The Morgan fingerprint density at radius 3 is 2.69 bits per heavy atom. The van der Waals surface area contributed by atoms with E-state index in [2.05, 4.69) is 10.2 Å². The fraction of sp³-hybridized carbons (Fsp3) is 0.300. The number of anilines is 1. The molecule has 1 aromatic carbocycles. The van der Waals surface area contributed by atoms with Gasteiger partial charge in [-0.25, -0.2) is 0 Å². The van der Waals surface area contributed by atoms with Crippen molar-refractivity contribution in [2.45, 2.75) is 0 Å². The lowest BCUT2D eigenvalue weighted by molar-refractivity contribution is -0.120. The lowest BCUT2D eigenvalue weighted by atomic mass is 10.2. The van der Waals surface area contributed by atoms with Crippen molar-refractivity contribution in [1.29, 1.82) is 0 Å². The highest BCUT2D eigenvalue weighted by Crippen LogP contribution is 2.13. The Kier molecular flexibility index (Phi) is 2.17. The average molecular weight is 176 g/mol. The number of hydrogen-bond donors (Lipinski definition) is 1. The van der Waals surface area contributed by atoms with Gasteiger partial charge in [0.05, 0.1) is 6.54 Å². The van der Waals surface area contributed by atoms with E-state index in [0.717, 1.165) is 18.8 Å². The molecule has 0 aliphatic carbocycles.